The Labute approximate surface area is 803 Å². The Bertz CT molecular complexity index is 4890. The standard InChI is InChI=1S/C88H136N30O19S/c1-46(2)69(81(133)111-60(21-12-38-103-88(98)99)75(127)115-65(45-138)79(131)112-62(17-7-8-34-89)83(135)118-40-14-23-67(118)84(136)137)116-78(130)64(43-51-44-104-56-16-6-5-15-54(51)56)114-76(128)61(32-33-68(91)121)110-77(129)63(42-50-26-30-53(120)31-27-50)113-74(126)59(20-11-37-102-87(96)97)108-70(122)47(3)105-72(124)57(18-9-35-100-85(92)93)109-73(125)58(19-10-36-101-86(94)95)107-71(123)48(4)106-80(132)66-22-13-39-117(66)82(134)55(90)41-49-24-28-52(119)29-25-49/h5-6,15-16,24-31,44,46-48,55,57-67,69,104,119-120,138H,7-14,17-23,32-43,45,89-90H2,1-4H3,(H2,91,121)(H,105,124)(H,106,132)(H,107,123)(H,108,122)(H,109,125)(H,110,129)(H,111,133)(H,112,131)(H,113,126)(H,114,128)(H,115,127)(H,116,130)(H,136,137)(H4,92,93,100)(H4,94,95,101)(H4,96,97,102)(H4,98,99,103)/t47-,48-,55-,57-,58-,59-,60-,61-,62-,63-,64-,65-,66-,67-,69-/m0/s1. The number of benzene rings is 3. The number of nitrogens with zero attached hydrogens (tertiary/aromatic N) is 2. The maximum Gasteiger partial charge on any atom is 0.326 e. The number of likely N-dealkylation sites (tertiary alicyclic amines) is 2. The van der Waals surface area contributed by atoms with E-state index in [1.807, 2.05) is 0 Å². The smallest absolute Gasteiger partial charge is 0.326 e. The molecule has 0 saturated carbocycles. The lowest BCUT2D eigenvalue weighted by atomic mass is 9.99. The van der Waals surface area contributed by atoms with E-state index in [-0.39, 0.29) is 147 Å². The molecule has 758 valence electrons. The molecule has 0 aliphatic carbocycles. The minimum Gasteiger partial charge on any atom is -0.508 e. The molecule has 15 amide bonds. The number of nitrogens with two attached hydrogens (primary N) is 7. The number of phenolic OH excluding ortho intramolecular Hbond substituents is 2. The number of unbranched alkanes of at least 4 members (excludes halogenated alkanes) is 1. The first-order chi connectivity index (χ1) is 65.5. The van der Waals surface area contributed by atoms with Crippen LogP contribution >= 0.6 is 12.6 Å². The highest BCUT2D eigenvalue weighted by molar-refractivity contribution is 7.80. The number of H-pyrrole nitrogens is 1. The van der Waals surface area contributed by atoms with Crippen LogP contribution in [0.1, 0.15) is 154 Å². The Morgan fingerprint density at radius 3 is 1.26 bits per heavy atom. The number of aliphatic carboxylic acids is 1. The summed E-state index contributed by atoms with van der Waals surface area (Å²) in [4.78, 5) is 234. The van der Waals surface area contributed by atoms with E-state index in [1.54, 1.807) is 56.4 Å². The highest BCUT2D eigenvalue weighted by Gasteiger charge is 2.43. The number of aromatic hydroxyl groups is 2. The number of carbonyl (C=O) groups excluding carboxylic acids is 15. The number of thiol groups is 1. The summed E-state index contributed by atoms with van der Waals surface area (Å²) >= 11 is 4.34. The van der Waals surface area contributed by atoms with E-state index >= 15 is 19.2 Å². The second-order valence-electron chi connectivity index (χ2n) is 34.3. The van der Waals surface area contributed by atoms with Gasteiger partial charge in [-0.25, -0.2) is 4.79 Å². The number of primary amides is 1. The molecular weight excluding hydrogens is 1810 g/mol. The quantitative estimate of drug-likeness (QED) is 0.00846. The van der Waals surface area contributed by atoms with Crippen LogP contribution in [0.3, 0.4) is 0 Å². The van der Waals surface area contributed by atoms with Gasteiger partial charge in [0.15, 0.2) is 23.8 Å². The number of hydrogen-bond donors (Lipinski definition) is 32. The maximum atomic E-state index is 15.2. The van der Waals surface area contributed by atoms with Crippen molar-refractivity contribution in [2.75, 3.05) is 51.6 Å². The van der Waals surface area contributed by atoms with Gasteiger partial charge in [0.25, 0.3) is 0 Å². The van der Waals surface area contributed by atoms with Gasteiger partial charge in [0, 0.05) is 81.4 Å². The minimum atomic E-state index is -1.80. The van der Waals surface area contributed by atoms with E-state index in [9.17, 15) is 72.9 Å². The zero-order valence-corrected chi connectivity index (χ0v) is 78.7. The molecule has 2 aliphatic rings. The predicted octanol–water partition coefficient (Wildman–Crippen LogP) is -6.11. The van der Waals surface area contributed by atoms with Crippen molar-refractivity contribution < 1.29 is 92.0 Å². The maximum absolute atomic E-state index is 15.2. The molecule has 38 N–H and O–H groups in total. The molecule has 1 aromatic heterocycles. The molecule has 2 saturated heterocycles. The average Bonchev–Trinajstić information content (AvgIpc) is 1.75. The second-order valence-corrected chi connectivity index (χ2v) is 34.6. The summed E-state index contributed by atoms with van der Waals surface area (Å²) in [6, 6.07) is -3.32. The normalized spacial score (nSPS) is 16.1. The molecule has 3 heterocycles. The Morgan fingerprint density at radius 2 is 0.804 bits per heavy atom. The van der Waals surface area contributed by atoms with E-state index in [2.05, 4.69) is 103 Å². The molecule has 3 aromatic carbocycles. The fraction of sp³-hybridized carbons (Fsp3) is 0.545. The summed E-state index contributed by atoms with van der Waals surface area (Å²) in [5, 5.41) is 103. The number of aromatic nitrogens is 1. The van der Waals surface area contributed by atoms with E-state index in [0.29, 0.717) is 53.3 Å². The largest absolute Gasteiger partial charge is 0.508 e. The number of guanidine groups is 4. The van der Waals surface area contributed by atoms with E-state index in [0.717, 1.165) is 0 Å². The third kappa shape index (κ3) is 37.4. The van der Waals surface area contributed by atoms with Gasteiger partial charge in [0.05, 0.1) is 6.04 Å². The van der Waals surface area contributed by atoms with Crippen molar-refractivity contribution in [3.8, 4) is 11.5 Å². The summed E-state index contributed by atoms with van der Waals surface area (Å²) in [5.74, 6) is -18.0. The molecule has 0 spiro atoms. The lowest BCUT2D eigenvalue weighted by Gasteiger charge is -2.30. The monoisotopic (exact) mass is 1950 g/mol. The third-order valence-corrected chi connectivity index (χ3v) is 23.4. The Morgan fingerprint density at radius 1 is 0.428 bits per heavy atom. The number of carboxylic acid groups (broad SMARTS) is 1. The second kappa shape index (κ2) is 56.9. The van der Waals surface area contributed by atoms with Gasteiger partial charge in [-0.15, -0.1) is 0 Å². The summed E-state index contributed by atoms with van der Waals surface area (Å²) in [5.41, 5.74) is 42.0. The third-order valence-electron chi connectivity index (χ3n) is 23.0. The van der Waals surface area contributed by atoms with E-state index in [4.69, 9.17) is 61.8 Å². The molecule has 49 nitrogen and oxygen atoms in total. The van der Waals surface area contributed by atoms with Crippen molar-refractivity contribution in [1.82, 2.24) is 99.9 Å². The first kappa shape index (κ1) is 112. The zero-order valence-electron chi connectivity index (χ0n) is 77.8. The molecule has 15 atom stereocenters. The molecular formula is C88H136N30O19S. The number of aromatic amines is 1. The highest BCUT2D eigenvalue weighted by atomic mass is 32.1. The van der Waals surface area contributed by atoms with Crippen LogP contribution in [0.2, 0.25) is 0 Å². The molecule has 4 aromatic rings. The topological polar surface area (TPSA) is 826 Å². The van der Waals surface area contributed by atoms with Gasteiger partial charge in [0.1, 0.15) is 96.1 Å². The number of para-hydroxylation sites is 1. The average molecular weight is 1950 g/mol. The van der Waals surface area contributed by atoms with Gasteiger partial charge in [-0.1, -0.05) is 56.3 Å². The van der Waals surface area contributed by atoms with E-state index < -0.39 is 234 Å². The summed E-state index contributed by atoms with van der Waals surface area (Å²) in [6.07, 6.45) is 1.27. The van der Waals surface area contributed by atoms with Crippen LogP contribution in [0, 0.1) is 27.6 Å². The van der Waals surface area contributed by atoms with Crippen LogP contribution in [-0.2, 0) is 96.0 Å². The fourth-order valence-corrected chi connectivity index (χ4v) is 15.8. The fourth-order valence-electron chi connectivity index (χ4n) is 15.5. The number of amides is 15. The molecule has 2 aliphatic heterocycles. The first-order valence-corrected chi connectivity index (χ1v) is 46.4. The molecule has 0 unspecified atom stereocenters. The van der Waals surface area contributed by atoms with Gasteiger partial charge in [-0.2, -0.15) is 12.6 Å². The first-order valence-electron chi connectivity index (χ1n) is 45.7. The molecule has 138 heavy (non-hydrogen) atoms. The van der Waals surface area contributed by atoms with Crippen LogP contribution in [0.4, 0.5) is 0 Å². The van der Waals surface area contributed by atoms with Crippen molar-refractivity contribution in [2.24, 2.45) is 46.1 Å². The van der Waals surface area contributed by atoms with Gasteiger partial charge in [0.2, 0.25) is 88.6 Å². The number of nitrogens with one attached hydrogen (secondary N) is 21. The number of fused-ring (bicyclic) bond motifs is 1. The summed E-state index contributed by atoms with van der Waals surface area (Å²) in [7, 11) is 0. The van der Waals surface area contributed by atoms with Crippen molar-refractivity contribution in [2.45, 2.75) is 247 Å². The van der Waals surface area contributed by atoms with Crippen LogP contribution in [0.5, 0.6) is 11.5 Å². The van der Waals surface area contributed by atoms with Crippen molar-refractivity contribution in [1.29, 1.82) is 21.6 Å². The molecule has 50 heteroatoms. The molecule has 2 fully saturated rings. The van der Waals surface area contributed by atoms with Crippen molar-refractivity contribution in [3.63, 3.8) is 0 Å². The number of carbonyl (C=O) groups is 16. The predicted molar refractivity (Wildman–Crippen MR) is 512 cm³/mol. The lowest BCUT2D eigenvalue weighted by molar-refractivity contribution is -0.149. The SMILES string of the molecule is CC(C)[C@H](NC(=O)[C@H](Cc1c[nH]c2ccccc12)NC(=O)[C@H](CCC(N)=O)NC(=O)[C@H](Cc1ccc(O)cc1)NC(=O)[C@H](CCCNC(=N)N)NC(=O)[C@H](C)NC(=O)[C@H](CCCNC(=N)N)NC(=O)[C@H](CCCNC(=N)N)NC(=O)[C@H](C)NC(=O)[C@@H]1CCCN1C(=O)[C@@H](N)Cc1ccc(O)cc1)C(=O)N[C@@H](CCCNC(=N)N)C(=O)N[C@@H](CS)C(=O)N[C@@H](CCCCN)C(=O)N1CCC[C@H]1C(=O)O. The molecule has 6 rings (SSSR count). The summed E-state index contributed by atoms with van der Waals surface area (Å²) in [6.45, 7) is 6.23. The number of rotatable bonds is 58. The van der Waals surface area contributed by atoms with Gasteiger partial charge < -0.3 is 155 Å². The number of hydrogen-bond acceptors (Lipinski definition) is 25. The minimum absolute atomic E-state index is 0.0104. The van der Waals surface area contributed by atoms with Crippen molar-refractivity contribution >= 4 is 142 Å². The highest BCUT2D eigenvalue weighted by Crippen LogP contribution is 2.25. The zero-order chi connectivity index (χ0) is 102. The molecule has 0 radical (unpaired) electrons. The Hall–Kier alpha value is -14.3. The van der Waals surface area contributed by atoms with Crippen LogP contribution in [0.15, 0.2) is 79.0 Å². The number of phenols is 2. The Balaban J connectivity index is 1.25. The number of carboxylic acids is 1. The van der Waals surface area contributed by atoms with Crippen LogP contribution < -0.4 is 125 Å². The van der Waals surface area contributed by atoms with Gasteiger partial charge in [-0.3, -0.25) is 93.6 Å². The van der Waals surface area contributed by atoms with Crippen LogP contribution in [-0.4, -0.2) is 291 Å². The summed E-state index contributed by atoms with van der Waals surface area (Å²) < 4.78 is 0. The van der Waals surface area contributed by atoms with Crippen LogP contribution in [0.25, 0.3) is 10.9 Å². The van der Waals surface area contributed by atoms with Crippen molar-refractivity contribution in [3.05, 3.63) is 95.7 Å². The Kier molecular flexibility index (Phi) is 46.3. The van der Waals surface area contributed by atoms with E-state index in [1.165, 1.54) is 60.0 Å². The van der Waals surface area contributed by atoms with Gasteiger partial charge in [-0.05, 0) is 182 Å². The lowest BCUT2D eigenvalue weighted by Crippen LogP contribution is -2.62. The molecule has 0 bridgehead atoms. The van der Waals surface area contributed by atoms with Gasteiger partial charge >= 0.3 is 5.97 Å².